The zero-order valence-corrected chi connectivity index (χ0v) is 20.0. The summed E-state index contributed by atoms with van der Waals surface area (Å²) < 4.78 is 3.82. The Labute approximate surface area is 157 Å². The van der Waals surface area contributed by atoms with E-state index in [2.05, 4.69) is 66.8 Å². The molecule has 2 aliphatic carbocycles. The van der Waals surface area contributed by atoms with Gasteiger partial charge in [0.1, 0.15) is 0 Å². The molecule has 0 nitrogen and oxygen atoms in total. The molecule has 2 atom stereocenters. The second-order valence-electron chi connectivity index (χ2n) is 6.73. The summed E-state index contributed by atoms with van der Waals surface area (Å²) in [5, 5.41) is 0. The number of allylic oxidation sites excluding steroid dienone is 8. The number of hydrogen-bond donors (Lipinski definition) is 0. The Kier molecular flexibility index (Phi) is 8.90. The third-order valence-corrected chi connectivity index (χ3v) is 23.2. The number of rotatable bonds is 2. The number of halogens is 2. The Morgan fingerprint density at radius 3 is 1.27 bits per heavy atom. The molecule has 22 heavy (non-hydrogen) atoms. The molecule has 0 spiro atoms. The molecule has 0 saturated carbocycles. The molecule has 0 bridgehead atoms. The molecule has 2 unspecified atom stereocenters. The molecule has 0 heterocycles. The maximum Gasteiger partial charge on any atom is -1.00 e. The average molecular weight is 435 g/mol. The van der Waals surface area contributed by atoms with Gasteiger partial charge in [0, 0.05) is 0 Å². The third-order valence-electron chi connectivity index (χ3n) is 4.94. The molecule has 0 aliphatic heterocycles. The Morgan fingerprint density at radius 1 is 0.773 bits per heavy atom. The van der Waals surface area contributed by atoms with Gasteiger partial charge in [-0.15, -0.1) is 0 Å². The van der Waals surface area contributed by atoms with E-state index >= 15 is 0 Å². The second-order valence-corrected chi connectivity index (χ2v) is 23.6. The van der Waals surface area contributed by atoms with E-state index in [1.807, 2.05) is 6.56 Å². The van der Waals surface area contributed by atoms with E-state index in [1.54, 1.807) is 22.3 Å². The zero-order chi connectivity index (χ0) is 15.2. The fourth-order valence-electron chi connectivity index (χ4n) is 3.79. The molecule has 2 aliphatic rings. The summed E-state index contributed by atoms with van der Waals surface area (Å²) >= 11 is -1.66. The van der Waals surface area contributed by atoms with Crippen molar-refractivity contribution in [3.63, 3.8) is 0 Å². The average Bonchev–Trinajstić information content (AvgIpc) is 2.72. The van der Waals surface area contributed by atoms with E-state index in [1.165, 1.54) is 0 Å². The Morgan fingerprint density at radius 2 is 1.09 bits per heavy atom. The summed E-state index contributed by atoms with van der Waals surface area (Å²) in [5.74, 6) is 1.41. The van der Waals surface area contributed by atoms with E-state index in [4.69, 9.17) is 0 Å². The van der Waals surface area contributed by atoms with Gasteiger partial charge in [0.2, 0.25) is 0 Å². The van der Waals surface area contributed by atoms with Crippen LogP contribution in [0.5, 0.6) is 0 Å². The molecule has 0 aromatic heterocycles. The van der Waals surface area contributed by atoms with Crippen LogP contribution in [-0.2, 0) is 20.4 Å². The Balaban J connectivity index is 0.00000220. The molecule has 122 valence electrons. The predicted octanol–water partition coefficient (Wildman–Crippen LogP) is -0.396. The van der Waals surface area contributed by atoms with Gasteiger partial charge < -0.3 is 24.8 Å². The topological polar surface area (TPSA) is 0 Å². The van der Waals surface area contributed by atoms with Gasteiger partial charge in [-0.1, -0.05) is 0 Å². The van der Waals surface area contributed by atoms with E-state index in [9.17, 15) is 0 Å². The van der Waals surface area contributed by atoms with Gasteiger partial charge in [-0.25, -0.2) is 0 Å². The summed E-state index contributed by atoms with van der Waals surface area (Å²) in [6.45, 7) is 19.4. The predicted molar refractivity (Wildman–Crippen MR) is 88.7 cm³/mol. The van der Waals surface area contributed by atoms with Crippen molar-refractivity contribution in [2.45, 2.75) is 54.6 Å². The molecule has 0 radical (unpaired) electrons. The number of hydrogen-bond acceptors (Lipinski definition) is 0. The van der Waals surface area contributed by atoms with Crippen molar-refractivity contribution >= 4 is 5.43 Å². The van der Waals surface area contributed by atoms with Crippen LogP contribution >= 0.6 is 0 Å². The SMILES string of the molecule is CC1=CC(C)[C]([Zr+2]([C]2=C(C)C(C)=CC2C)=[Si](C)C)=C1C.[Cl-].[Cl-]. The van der Waals surface area contributed by atoms with Crippen molar-refractivity contribution in [2.75, 3.05) is 0 Å². The first-order chi connectivity index (χ1) is 9.25. The maximum atomic E-state index is 2.57. The van der Waals surface area contributed by atoms with Crippen LogP contribution in [0.15, 0.2) is 41.0 Å². The smallest absolute Gasteiger partial charge is 1.00 e. The summed E-state index contributed by atoms with van der Waals surface area (Å²) in [4.78, 5) is 0. The third kappa shape index (κ3) is 4.00. The van der Waals surface area contributed by atoms with Gasteiger partial charge >= 0.3 is 133 Å². The molecule has 0 aromatic carbocycles. The molecule has 0 saturated heterocycles. The molecule has 0 fully saturated rings. The van der Waals surface area contributed by atoms with Crippen molar-refractivity contribution in [1.29, 1.82) is 0 Å². The van der Waals surface area contributed by atoms with Gasteiger partial charge in [-0.2, -0.15) is 0 Å². The normalized spacial score (nSPS) is 23.4. The minimum atomic E-state index is -1.66. The van der Waals surface area contributed by atoms with Gasteiger partial charge in [0.05, 0.1) is 0 Å². The Hall–Kier alpha value is 0.640. The summed E-state index contributed by atoms with van der Waals surface area (Å²) in [6.07, 6.45) is 5.01. The Bertz CT molecular complexity index is 569. The van der Waals surface area contributed by atoms with Gasteiger partial charge in [-0.05, 0) is 0 Å². The van der Waals surface area contributed by atoms with Crippen LogP contribution < -0.4 is 24.8 Å². The van der Waals surface area contributed by atoms with Crippen molar-refractivity contribution in [3.8, 4) is 0 Å². The standard InChI is InChI=1S/2C8H11.C2H6Si.2ClH.Zr/c2*1-6-4-7(2)8(3)5-6;1-3-2;;;/h2*4,6H,1-3H3;1-2H3;2*1H;/q;;;;;+2/p-2. The van der Waals surface area contributed by atoms with Crippen LogP contribution in [0.1, 0.15) is 41.5 Å². The summed E-state index contributed by atoms with van der Waals surface area (Å²) in [7, 11) is 0. The largest absolute Gasteiger partial charge is 1.00 e. The van der Waals surface area contributed by atoms with Crippen LogP contribution in [0, 0.1) is 11.8 Å². The molecule has 0 amide bonds. The fraction of sp³-hybridized carbons (Fsp3) is 0.556. The van der Waals surface area contributed by atoms with Crippen LogP contribution in [0.3, 0.4) is 0 Å². The van der Waals surface area contributed by atoms with Gasteiger partial charge in [-0.3, -0.25) is 0 Å². The van der Waals surface area contributed by atoms with Crippen LogP contribution in [0.2, 0.25) is 13.1 Å². The monoisotopic (exact) mass is 432 g/mol. The second kappa shape index (κ2) is 8.65. The molecule has 0 N–H and O–H groups in total. The molecule has 0 aromatic rings. The minimum Gasteiger partial charge on any atom is -1.00 e. The molecular formula is C18H28Cl2SiZr. The van der Waals surface area contributed by atoms with Gasteiger partial charge in [0.25, 0.3) is 0 Å². The van der Waals surface area contributed by atoms with Crippen molar-refractivity contribution < 1.29 is 45.2 Å². The first kappa shape index (κ1) is 22.6. The van der Waals surface area contributed by atoms with E-state index in [0.717, 1.165) is 0 Å². The van der Waals surface area contributed by atoms with Crippen LogP contribution in [-0.4, -0.2) is 5.43 Å². The van der Waals surface area contributed by atoms with E-state index < -0.39 is 20.4 Å². The van der Waals surface area contributed by atoms with E-state index in [-0.39, 0.29) is 30.2 Å². The fourth-order valence-corrected chi connectivity index (χ4v) is 23.9. The summed E-state index contributed by atoms with van der Waals surface area (Å²) in [6, 6.07) is 0. The van der Waals surface area contributed by atoms with Crippen LogP contribution in [0.25, 0.3) is 0 Å². The van der Waals surface area contributed by atoms with Crippen molar-refractivity contribution in [2.24, 2.45) is 11.8 Å². The van der Waals surface area contributed by atoms with Crippen LogP contribution in [0.4, 0.5) is 0 Å². The van der Waals surface area contributed by atoms with Gasteiger partial charge in [0.15, 0.2) is 0 Å². The molecule has 2 rings (SSSR count). The molecular weight excluding hydrogens is 406 g/mol. The summed E-state index contributed by atoms with van der Waals surface area (Å²) in [5.41, 5.74) is 6.18. The zero-order valence-electron chi connectivity index (χ0n) is 15.1. The molecule has 4 heteroatoms. The first-order valence-corrected chi connectivity index (χ1v) is 16.4. The minimum absolute atomic E-state index is 0. The van der Waals surface area contributed by atoms with Crippen molar-refractivity contribution in [3.05, 3.63) is 41.0 Å². The first-order valence-electron chi connectivity index (χ1n) is 7.73. The van der Waals surface area contributed by atoms with Crippen molar-refractivity contribution in [1.82, 2.24) is 0 Å². The quantitative estimate of drug-likeness (QED) is 0.519. The van der Waals surface area contributed by atoms with E-state index in [0.29, 0.717) is 11.8 Å². The maximum absolute atomic E-state index is 2.57.